The summed E-state index contributed by atoms with van der Waals surface area (Å²) in [5.74, 6) is -0.907. The Bertz CT molecular complexity index is 148. The lowest BCUT2D eigenvalue weighted by atomic mass is 10.0. The van der Waals surface area contributed by atoms with Crippen LogP contribution in [0.1, 0.15) is 51.9 Å². The normalized spacial score (nSPS) is 12.7. The Morgan fingerprint density at radius 2 is 1.79 bits per heavy atom. The molecule has 0 aliphatic carbocycles. The quantitative estimate of drug-likeness (QED) is 0.474. The Hall–Kier alpha value is -0.180. The smallest absolute Gasteiger partial charge is 0.0453 e. The molecule has 0 rings (SSSR count). The van der Waals surface area contributed by atoms with Crippen molar-refractivity contribution in [3.05, 3.63) is 0 Å². The largest absolute Gasteiger partial charge is 0.550 e. The van der Waals surface area contributed by atoms with Crippen LogP contribution in [0.5, 0.6) is 0 Å². The molecule has 0 aromatic carbocycles. The maximum atomic E-state index is 10.5. The summed E-state index contributed by atoms with van der Waals surface area (Å²) in [4.78, 5) is 10.5. The molecule has 0 spiro atoms. The minimum Gasteiger partial charge on any atom is -0.550 e. The van der Waals surface area contributed by atoms with Crippen LogP contribution in [-0.4, -0.2) is 11.7 Å². The van der Waals surface area contributed by atoms with Gasteiger partial charge in [-0.05, 0) is 12.2 Å². The van der Waals surface area contributed by atoms with Crippen LogP contribution in [0.2, 0.25) is 0 Å². The van der Waals surface area contributed by atoms with Crippen LogP contribution in [0.4, 0.5) is 0 Å². The van der Waals surface area contributed by atoms with Gasteiger partial charge in [-0.2, -0.15) is 12.6 Å². The number of hydrogen-bond donors (Lipinski definition) is 1. The van der Waals surface area contributed by atoms with Crippen molar-refractivity contribution in [2.45, 2.75) is 51.9 Å². The average Bonchev–Trinajstić information content (AvgIpc) is 2.16. The molecule has 0 aromatic rings. The molecule has 84 valence electrons. The molecule has 3 heteroatoms. The third-order valence-electron chi connectivity index (χ3n) is 2.46. The van der Waals surface area contributed by atoms with E-state index in [4.69, 9.17) is 0 Å². The van der Waals surface area contributed by atoms with E-state index >= 15 is 0 Å². The van der Waals surface area contributed by atoms with Crippen molar-refractivity contribution >= 4 is 18.6 Å². The van der Waals surface area contributed by atoms with Gasteiger partial charge in [0.25, 0.3) is 0 Å². The highest BCUT2D eigenvalue weighted by Gasteiger charge is 2.06. The van der Waals surface area contributed by atoms with Gasteiger partial charge in [-0.15, -0.1) is 0 Å². The molecule has 0 aromatic heterocycles. The number of unbranched alkanes of at least 4 members (excludes halogenated alkanes) is 5. The predicted octanol–water partition coefficient (Wildman–Crippen LogP) is 2.03. The number of carboxylic acid groups (broad SMARTS) is 1. The average molecular weight is 217 g/mol. The molecule has 0 amide bonds. The fourth-order valence-corrected chi connectivity index (χ4v) is 1.79. The van der Waals surface area contributed by atoms with E-state index in [0.29, 0.717) is 5.75 Å². The molecule has 0 N–H and O–H groups in total. The van der Waals surface area contributed by atoms with Crippen molar-refractivity contribution in [2.75, 3.05) is 5.75 Å². The number of aliphatic carboxylic acids is 1. The van der Waals surface area contributed by atoms with Gasteiger partial charge in [0.15, 0.2) is 0 Å². The second-order valence-corrected chi connectivity index (χ2v) is 4.12. The number of carbonyl (C=O) groups excluding carboxylic acids is 1. The van der Waals surface area contributed by atoms with Gasteiger partial charge in [0.2, 0.25) is 0 Å². The van der Waals surface area contributed by atoms with E-state index in [0.717, 1.165) is 19.3 Å². The molecule has 0 bridgehead atoms. The summed E-state index contributed by atoms with van der Waals surface area (Å²) in [6.45, 7) is 2.19. The highest BCUT2D eigenvalue weighted by atomic mass is 32.1. The lowest BCUT2D eigenvalue weighted by Crippen LogP contribution is -2.32. The minimum absolute atomic E-state index is 0.357. The first-order valence-corrected chi connectivity index (χ1v) is 6.17. The Kier molecular flexibility index (Phi) is 9.26. The third kappa shape index (κ3) is 7.25. The lowest BCUT2D eigenvalue weighted by molar-refractivity contribution is -0.310. The molecule has 0 fully saturated rings. The van der Waals surface area contributed by atoms with Gasteiger partial charge in [-0.3, -0.25) is 0 Å². The fraction of sp³-hybridized carbons (Fsp3) is 0.909. The van der Waals surface area contributed by atoms with E-state index in [1.807, 2.05) is 0 Å². The van der Waals surface area contributed by atoms with E-state index in [1.165, 1.54) is 25.7 Å². The van der Waals surface area contributed by atoms with Gasteiger partial charge in [-0.1, -0.05) is 45.4 Å². The molecule has 1 unspecified atom stereocenters. The number of thiol groups is 1. The van der Waals surface area contributed by atoms with Crippen LogP contribution in [0, 0.1) is 5.92 Å². The van der Waals surface area contributed by atoms with Crippen molar-refractivity contribution in [3.8, 4) is 0 Å². The molecule has 0 heterocycles. The lowest BCUT2D eigenvalue weighted by Gasteiger charge is -2.14. The van der Waals surface area contributed by atoms with Crippen molar-refractivity contribution < 1.29 is 9.90 Å². The van der Waals surface area contributed by atoms with Crippen molar-refractivity contribution in [1.82, 2.24) is 0 Å². The molecule has 0 saturated heterocycles. The summed E-state index contributed by atoms with van der Waals surface area (Å²) in [7, 11) is 0. The minimum atomic E-state index is -0.950. The second-order valence-electron chi connectivity index (χ2n) is 3.75. The third-order valence-corrected chi connectivity index (χ3v) is 2.90. The van der Waals surface area contributed by atoms with Crippen molar-refractivity contribution in [2.24, 2.45) is 5.92 Å². The molecule has 0 aliphatic rings. The predicted molar refractivity (Wildman–Crippen MR) is 60.3 cm³/mol. The van der Waals surface area contributed by atoms with Crippen LogP contribution in [0.15, 0.2) is 0 Å². The van der Waals surface area contributed by atoms with Gasteiger partial charge in [-0.25, -0.2) is 0 Å². The zero-order chi connectivity index (χ0) is 10.8. The van der Waals surface area contributed by atoms with Crippen LogP contribution < -0.4 is 5.11 Å². The van der Waals surface area contributed by atoms with Crippen LogP contribution >= 0.6 is 12.6 Å². The van der Waals surface area contributed by atoms with E-state index in [9.17, 15) is 9.90 Å². The molecule has 2 nitrogen and oxygen atoms in total. The second kappa shape index (κ2) is 9.38. The van der Waals surface area contributed by atoms with E-state index in [1.54, 1.807) is 0 Å². The standard InChI is InChI=1S/C11H22O2S/c1-2-3-4-5-6-7-8-10(9-14)11(12)13/h10,14H,2-9H2,1H3,(H,12,13)/p-1. The number of rotatable bonds is 9. The Balaban J connectivity index is 3.29. The summed E-state index contributed by atoms with van der Waals surface area (Å²) in [5, 5.41) is 10.5. The van der Waals surface area contributed by atoms with Crippen molar-refractivity contribution in [3.63, 3.8) is 0 Å². The number of carbonyl (C=O) groups is 1. The summed E-state index contributed by atoms with van der Waals surface area (Å²) < 4.78 is 0. The van der Waals surface area contributed by atoms with Gasteiger partial charge in [0, 0.05) is 11.9 Å². The first-order valence-electron chi connectivity index (χ1n) is 5.54. The van der Waals surface area contributed by atoms with E-state index < -0.39 is 5.97 Å². The SMILES string of the molecule is CCCCCCCCC(CS)C(=O)[O-]. The van der Waals surface area contributed by atoms with Crippen LogP contribution in [0.3, 0.4) is 0 Å². The summed E-state index contributed by atoms with van der Waals surface area (Å²) in [6.07, 6.45) is 7.88. The van der Waals surface area contributed by atoms with Gasteiger partial charge < -0.3 is 9.90 Å². The molecule has 1 atom stereocenters. The van der Waals surface area contributed by atoms with E-state index in [-0.39, 0.29) is 5.92 Å². The topological polar surface area (TPSA) is 40.1 Å². The van der Waals surface area contributed by atoms with E-state index in [2.05, 4.69) is 19.6 Å². The Morgan fingerprint density at radius 3 is 2.29 bits per heavy atom. The Labute approximate surface area is 92.5 Å². The highest BCUT2D eigenvalue weighted by Crippen LogP contribution is 2.12. The summed E-state index contributed by atoms with van der Waals surface area (Å²) in [6, 6.07) is 0. The summed E-state index contributed by atoms with van der Waals surface area (Å²) >= 11 is 3.99. The first-order chi connectivity index (χ1) is 6.72. The van der Waals surface area contributed by atoms with Gasteiger partial charge in [0.1, 0.15) is 0 Å². The van der Waals surface area contributed by atoms with Gasteiger partial charge >= 0.3 is 0 Å². The number of hydrogen-bond acceptors (Lipinski definition) is 3. The maximum Gasteiger partial charge on any atom is 0.0453 e. The maximum absolute atomic E-state index is 10.5. The number of carboxylic acids is 1. The first kappa shape index (κ1) is 13.8. The zero-order valence-corrected chi connectivity index (χ0v) is 9.89. The van der Waals surface area contributed by atoms with Crippen LogP contribution in [-0.2, 0) is 4.79 Å². The molecule has 0 radical (unpaired) electrons. The van der Waals surface area contributed by atoms with Crippen molar-refractivity contribution in [1.29, 1.82) is 0 Å². The Morgan fingerprint density at radius 1 is 1.21 bits per heavy atom. The summed E-state index contributed by atoms with van der Waals surface area (Å²) in [5.41, 5.74) is 0. The van der Waals surface area contributed by atoms with Gasteiger partial charge in [0.05, 0.1) is 0 Å². The molecular weight excluding hydrogens is 196 g/mol. The molecular formula is C11H21O2S-. The monoisotopic (exact) mass is 217 g/mol. The molecule has 14 heavy (non-hydrogen) atoms. The molecule has 0 aliphatic heterocycles. The highest BCUT2D eigenvalue weighted by molar-refractivity contribution is 7.80. The molecule has 0 saturated carbocycles. The zero-order valence-electron chi connectivity index (χ0n) is 9.00. The van der Waals surface area contributed by atoms with Crippen LogP contribution in [0.25, 0.3) is 0 Å². The fourth-order valence-electron chi connectivity index (χ4n) is 1.45.